The first-order chi connectivity index (χ1) is 15.5. The van der Waals surface area contributed by atoms with Crippen molar-refractivity contribution in [2.45, 2.75) is 51.4 Å². The number of carboxylic acid groups (broad SMARTS) is 1. The minimum Gasteiger partial charge on any atom is -0.481 e. The lowest BCUT2D eigenvalue weighted by Gasteiger charge is -2.30. The molecule has 1 amide bonds. The average Bonchev–Trinajstić information content (AvgIpc) is 2.80. The zero-order valence-electron chi connectivity index (χ0n) is 18.6. The molecule has 168 valence electrons. The van der Waals surface area contributed by atoms with Gasteiger partial charge in [-0.15, -0.1) is 0 Å². The Hall–Kier alpha value is -3.15. The number of hydrazone groups is 1. The SMILES string of the molecule is CC1c2cc(NC(=O)c3ccc(C=NN4CCCCC4)cc3)ccc2CCC1CC(=O)O. The molecule has 2 N–H and O–H groups in total. The molecule has 2 aromatic rings. The van der Waals surface area contributed by atoms with Crippen LogP contribution in [0.4, 0.5) is 5.69 Å². The maximum atomic E-state index is 12.8. The molecule has 1 aliphatic carbocycles. The van der Waals surface area contributed by atoms with Gasteiger partial charge in [0.2, 0.25) is 0 Å². The summed E-state index contributed by atoms with van der Waals surface area (Å²) in [6, 6.07) is 13.4. The number of rotatable bonds is 6. The van der Waals surface area contributed by atoms with Crippen LogP contribution in [0.25, 0.3) is 0 Å². The number of hydrogen-bond donors (Lipinski definition) is 2. The van der Waals surface area contributed by atoms with E-state index in [-0.39, 0.29) is 24.2 Å². The van der Waals surface area contributed by atoms with Crippen LogP contribution in [0.1, 0.15) is 72.0 Å². The number of nitrogens with zero attached hydrogens (tertiary/aromatic N) is 2. The molecule has 0 saturated carbocycles. The highest BCUT2D eigenvalue weighted by atomic mass is 16.4. The quantitative estimate of drug-likeness (QED) is 0.635. The number of fused-ring (bicyclic) bond motifs is 1. The van der Waals surface area contributed by atoms with Crippen LogP contribution in [0.15, 0.2) is 47.6 Å². The Kier molecular flexibility index (Phi) is 6.88. The van der Waals surface area contributed by atoms with Gasteiger partial charge in [-0.2, -0.15) is 5.10 Å². The first kappa shape index (κ1) is 22.1. The largest absolute Gasteiger partial charge is 0.481 e. The molecular formula is C26H31N3O3. The van der Waals surface area contributed by atoms with Crippen LogP contribution >= 0.6 is 0 Å². The Morgan fingerprint density at radius 3 is 2.59 bits per heavy atom. The molecule has 0 spiro atoms. The van der Waals surface area contributed by atoms with E-state index in [9.17, 15) is 14.7 Å². The number of nitrogens with one attached hydrogen (secondary N) is 1. The van der Waals surface area contributed by atoms with E-state index < -0.39 is 5.97 Å². The molecule has 32 heavy (non-hydrogen) atoms. The third-order valence-corrected chi connectivity index (χ3v) is 6.70. The summed E-state index contributed by atoms with van der Waals surface area (Å²) in [6.45, 7) is 4.10. The number of anilines is 1. The lowest BCUT2D eigenvalue weighted by Crippen LogP contribution is -2.24. The van der Waals surface area contributed by atoms with Crippen molar-refractivity contribution < 1.29 is 14.7 Å². The van der Waals surface area contributed by atoms with Crippen molar-refractivity contribution in [1.82, 2.24) is 5.01 Å². The maximum Gasteiger partial charge on any atom is 0.303 e. The molecule has 0 radical (unpaired) electrons. The van der Waals surface area contributed by atoms with Crippen molar-refractivity contribution in [3.8, 4) is 0 Å². The number of carbonyl (C=O) groups excluding carboxylic acids is 1. The minimum absolute atomic E-state index is 0.130. The number of benzene rings is 2. The average molecular weight is 434 g/mol. The van der Waals surface area contributed by atoms with Crippen LogP contribution in [0.3, 0.4) is 0 Å². The van der Waals surface area contributed by atoms with Crippen molar-refractivity contribution in [2.75, 3.05) is 18.4 Å². The van der Waals surface area contributed by atoms with Crippen molar-refractivity contribution in [1.29, 1.82) is 0 Å². The first-order valence-corrected chi connectivity index (χ1v) is 11.5. The van der Waals surface area contributed by atoms with Gasteiger partial charge in [0.1, 0.15) is 0 Å². The van der Waals surface area contributed by atoms with Gasteiger partial charge < -0.3 is 10.4 Å². The predicted molar refractivity (Wildman–Crippen MR) is 126 cm³/mol. The zero-order chi connectivity index (χ0) is 22.5. The molecule has 2 unspecified atom stereocenters. The van der Waals surface area contributed by atoms with Crippen LogP contribution in [0.5, 0.6) is 0 Å². The molecule has 1 aliphatic heterocycles. The molecule has 2 aliphatic rings. The normalized spacial score (nSPS) is 20.7. The molecule has 1 fully saturated rings. The number of amides is 1. The predicted octanol–water partition coefficient (Wildman–Crippen LogP) is 4.90. The fraction of sp³-hybridized carbons (Fsp3) is 0.423. The fourth-order valence-corrected chi connectivity index (χ4v) is 4.74. The van der Waals surface area contributed by atoms with Gasteiger partial charge in [-0.3, -0.25) is 14.6 Å². The number of carboxylic acids is 1. The molecule has 0 bridgehead atoms. The Labute approximate surface area is 189 Å². The summed E-state index contributed by atoms with van der Waals surface area (Å²) in [5.74, 6) is -0.621. The maximum absolute atomic E-state index is 12.8. The van der Waals surface area contributed by atoms with Gasteiger partial charge in [-0.25, -0.2) is 0 Å². The van der Waals surface area contributed by atoms with E-state index in [2.05, 4.69) is 28.4 Å². The molecule has 2 atom stereocenters. The molecule has 0 aromatic heterocycles. The van der Waals surface area contributed by atoms with E-state index in [1.54, 1.807) is 0 Å². The molecule has 1 heterocycles. The second-order valence-corrected chi connectivity index (χ2v) is 8.93. The van der Waals surface area contributed by atoms with Gasteiger partial charge in [0, 0.05) is 30.8 Å². The van der Waals surface area contributed by atoms with Crippen molar-refractivity contribution in [2.24, 2.45) is 11.0 Å². The van der Waals surface area contributed by atoms with Crippen LogP contribution in [0, 0.1) is 5.92 Å². The fourth-order valence-electron chi connectivity index (χ4n) is 4.74. The van der Waals surface area contributed by atoms with Gasteiger partial charge >= 0.3 is 5.97 Å². The van der Waals surface area contributed by atoms with Crippen molar-refractivity contribution >= 4 is 23.8 Å². The summed E-state index contributed by atoms with van der Waals surface area (Å²) >= 11 is 0. The van der Waals surface area contributed by atoms with Crippen LogP contribution in [-0.4, -0.2) is 41.3 Å². The molecular weight excluding hydrogens is 402 g/mol. The second-order valence-electron chi connectivity index (χ2n) is 8.93. The number of aliphatic carboxylic acids is 1. The summed E-state index contributed by atoms with van der Waals surface area (Å²) in [4.78, 5) is 23.9. The summed E-state index contributed by atoms with van der Waals surface area (Å²) in [5, 5.41) is 18.8. The van der Waals surface area contributed by atoms with Crippen molar-refractivity contribution in [3.05, 3.63) is 64.7 Å². The highest BCUT2D eigenvalue weighted by Gasteiger charge is 2.28. The Morgan fingerprint density at radius 2 is 1.88 bits per heavy atom. The number of piperidine rings is 1. The highest BCUT2D eigenvalue weighted by molar-refractivity contribution is 6.04. The van der Waals surface area contributed by atoms with Gasteiger partial charge in [-0.05, 0) is 84.9 Å². The molecule has 6 heteroatoms. The van der Waals surface area contributed by atoms with E-state index in [0.29, 0.717) is 5.56 Å². The lowest BCUT2D eigenvalue weighted by molar-refractivity contribution is -0.138. The van der Waals surface area contributed by atoms with Gasteiger partial charge in [0.05, 0.1) is 6.21 Å². The molecule has 6 nitrogen and oxygen atoms in total. The van der Waals surface area contributed by atoms with Crippen LogP contribution < -0.4 is 5.32 Å². The van der Waals surface area contributed by atoms with Gasteiger partial charge in [0.15, 0.2) is 0 Å². The Balaban J connectivity index is 1.40. The zero-order valence-corrected chi connectivity index (χ0v) is 18.6. The highest BCUT2D eigenvalue weighted by Crippen LogP contribution is 2.39. The minimum atomic E-state index is -0.751. The Bertz CT molecular complexity index is 994. The smallest absolute Gasteiger partial charge is 0.303 e. The molecule has 4 rings (SSSR count). The van der Waals surface area contributed by atoms with Crippen molar-refractivity contribution in [3.63, 3.8) is 0 Å². The van der Waals surface area contributed by atoms with E-state index in [1.807, 2.05) is 42.6 Å². The van der Waals surface area contributed by atoms with E-state index >= 15 is 0 Å². The van der Waals surface area contributed by atoms with Crippen LogP contribution in [-0.2, 0) is 11.2 Å². The van der Waals surface area contributed by atoms with E-state index in [4.69, 9.17) is 0 Å². The lowest BCUT2D eigenvalue weighted by atomic mass is 9.74. The number of aryl methyl sites for hydroxylation is 1. The topological polar surface area (TPSA) is 82.0 Å². The third-order valence-electron chi connectivity index (χ3n) is 6.70. The van der Waals surface area contributed by atoms with Gasteiger partial charge in [-0.1, -0.05) is 25.1 Å². The standard InChI is InChI=1S/C26H31N3O3/c1-18-22(15-25(30)31)10-9-20-11-12-23(16-24(18)20)28-26(32)21-7-5-19(6-8-21)17-27-29-13-3-2-4-14-29/h5-8,11-12,16-18,22H,2-4,9-10,13-15H2,1H3,(H,28,32)(H,30,31). The first-order valence-electron chi connectivity index (χ1n) is 11.5. The van der Waals surface area contributed by atoms with Gasteiger partial charge in [0.25, 0.3) is 5.91 Å². The van der Waals surface area contributed by atoms with E-state index in [1.165, 1.54) is 24.8 Å². The Morgan fingerprint density at radius 1 is 1.12 bits per heavy atom. The summed E-state index contributed by atoms with van der Waals surface area (Å²) in [5.41, 5.74) is 4.69. The number of carbonyl (C=O) groups is 2. The second kappa shape index (κ2) is 9.98. The van der Waals surface area contributed by atoms with E-state index in [0.717, 1.165) is 42.7 Å². The summed E-state index contributed by atoms with van der Waals surface area (Å²) < 4.78 is 0. The summed E-state index contributed by atoms with van der Waals surface area (Å²) in [6.07, 6.45) is 7.47. The molecule has 2 aromatic carbocycles. The third kappa shape index (κ3) is 5.36. The monoisotopic (exact) mass is 433 g/mol. The van der Waals surface area contributed by atoms with Crippen LogP contribution in [0.2, 0.25) is 0 Å². The summed E-state index contributed by atoms with van der Waals surface area (Å²) in [7, 11) is 0. The molecule has 1 saturated heterocycles. The number of hydrogen-bond acceptors (Lipinski definition) is 4.